The van der Waals surface area contributed by atoms with E-state index in [-0.39, 0.29) is 22.9 Å². The minimum atomic E-state index is -1.76. The van der Waals surface area contributed by atoms with Crippen LogP contribution in [0.2, 0.25) is 0 Å². The highest BCUT2D eigenvalue weighted by Gasteiger charge is 2.55. The number of hydrogen-bond donors (Lipinski definition) is 1. The largest absolute Gasteiger partial charge is 0.495 e. The highest BCUT2D eigenvalue weighted by atomic mass is 19.1. The van der Waals surface area contributed by atoms with Crippen LogP contribution in [0.1, 0.15) is 34.7 Å². The van der Waals surface area contributed by atoms with Gasteiger partial charge < -0.3 is 10.5 Å². The molecule has 1 aliphatic heterocycles. The molecule has 2 N–H and O–H groups in total. The van der Waals surface area contributed by atoms with E-state index in [1.54, 1.807) is 22.8 Å². The zero-order valence-electron chi connectivity index (χ0n) is 21.4. The second-order valence-electron chi connectivity index (χ2n) is 9.60. The van der Waals surface area contributed by atoms with E-state index >= 15 is 0 Å². The lowest BCUT2D eigenvalue weighted by atomic mass is 9.77. The van der Waals surface area contributed by atoms with E-state index in [9.17, 15) is 18.8 Å². The zero-order chi connectivity index (χ0) is 27.6. The first-order valence-electron chi connectivity index (χ1n) is 12.2. The Kier molecular flexibility index (Phi) is 5.29. The SMILES string of the molecule is COc1ccc2c(c1N)[C@](C)(C(=O)c1cc3c4ccccc4n(C(C)=O)c3cn1)C(=O)N2c1ccc(F)cc1. The van der Waals surface area contributed by atoms with Crippen LogP contribution in [-0.4, -0.2) is 34.3 Å². The van der Waals surface area contributed by atoms with E-state index in [1.165, 1.54) is 56.3 Å². The number of nitrogens with zero attached hydrogens (tertiary/aromatic N) is 3. The van der Waals surface area contributed by atoms with E-state index in [0.717, 1.165) is 5.39 Å². The van der Waals surface area contributed by atoms with Crippen LogP contribution < -0.4 is 15.4 Å². The molecule has 5 aromatic rings. The third-order valence-electron chi connectivity index (χ3n) is 7.42. The lowest BCUT2D eigenvalue weighted by Gasteiger charge is -2.23. The third-order valence-corrected chi connectivity index (χ3v) is 7.42. The lowest BCUT2D eigenvalue weighted by molar-refractivity contribution is -0.120. The number of halogens is 1. The standard InChI is InChI=1S/C30H23FN4O4/c1-16(36)34-22-7-5-4-6-19(22)20-14-21(33-15-24(20)34)28(37)30(2)26-23(12-13-25(39-3)27(26)32)35(29(30)38)18-10-8-17(31)9-11-18/h4-15H,32H2,1-3H3/t30-/m1/s1. The van der Waals surface area contributed by atoms with Crippen LogP contribution in [0.5, 0.6) is 5.75 Å². The monoisotopic (exact) mass is 522 g/mol. The minimum absolute atomic E-state index is 0.0407. The molecule has 9 heteroatoms. The number of methoxy groups -OCH3 is 1. The van der Waals surface area contributed by atoms with Crippen molar-refractivity contribution in [3.05, 3.63) is 90.0 Å². The average molecular weight is 523 g/mol. The second kappa shape index (κ2) is 8.49. The summed E-state index contributed by atoms with van der Waals surface area (Å²) in [4.78, 5) is 46.7. The van der Waals surface area contributed by atoms with Gasteiger partial charge in [0.2, 0.25) is 17.6 Å². The number of ketones is 1. The first-order chi connectivity index (χ1) is 18.7. The van der Waals surface area contributed by atoms with E-state index in [4.69, 9.17) is 10.5 Å². The molecule has 8 nitrogen and oxygen atoms in total. The number of fused-ring (bicyclic) bond motifs is 4. The maximum atomic E-state index is 14.3. The first-order valence-corrected chi connectivity index (χ1v) is 12.2. The summed E-state index contributed by atoms with van der Waals surface area (Å²) in [5.41, 5.74) is 7.23. The molecule has 3 aromatic carbocycles. The van der Waals surface area contributed by atoms with Crippen molar-refractivity contribution < 1.29 is 23.5 Å². The summed E-state index contributed by atoms with van der Waals surface area (Å²) >= 11 is 0. The van der Waals surface area contributed by atoms with Gasteiger partial charge in [0.25, 0.3) is 0 Å². The number of hydrogen-bond acceptors (Lipinski definition) is 6. The number of amides is 1. The number of aromatic nitrogens is 2. The molecule has 2 aromatic heterocycles. The Labute approximate surface area is 222 Å². The normalized spacial score (nSPS) is 16.6. The van der Waals surface area contributed by atoms with Crippen molar-refractivity contribution in [1.82, 2.24) is 9.55 Å². The molecule has 39 heavy (non-hydrogen) atoms. The van der Waals surface area contributed by atoms with Crippen molar-refractivity contribution in [3.63, 3.8) is 0 Å². The molecule has 0 fully saturated rings. The van der Waals surface area contributed by atoms with Crippen LogP contribution in [0.4, 0.5) is 21.5 Å². The Morgan fingerprint density at radius 2 is 1.72 bits per heavy atom. The number of carbonyl (C=O) groups is 3. The smallest absolute Gasteiger partial charge is 0.250 e. The van der Waals surface area contributed by atoms with Gasteiger partial charge in [-0.25, -0.2) is 4.39 Å². The van der Waals surface area contributed by atoms with Crippen LogP contribution in [0.15, 0.2) is 72.9 Å². The van der Waals surface area contributed by atoms with Crippen LogP contribution >= 0.6 is 0 Å². The number of rotatable bonds is 4. The molecule has 1 amide bonds. The Balaban J connectivity index is 1.57. The number of benzene rings is 3. The molecule has 0 saturated heterocycles. The van der Waals surface area contributed by atoms with Crippen LogP contribution in [0, 0.1) is 5.82 Å². The van der Waals surface area contributed by atoms with Crippen molar-refractivity contribution in [2.24, 2.45) is 0 Å². The lowest BCUT2D eigenvalue weighted by Crippen LogP contribution is -2.43. The van der Waals surface area contributed by atoms with E-state index in [0.29, 0.717) is 33.5 Å². The molecule has 0 aliphatic carbocycles. The maximum absolute atomic E-state index is 14.3. The quantitative estimate of drug-likeness (QED) is 0.192. The Morgan fingerprint density at radius 3 is 2.41 bits per heavy atom. The second-order valence-corrected chi connectivity index (χ2v) is 9.60. The summed E-state index contributed by atoms with van der Waals surface area (Å²) in [6.45, 7) is 2.97. The van der Waals surface area contributed by atoms with Gasteiger partial charge in [0.15, 0.2) is 0 Å². The van der Waals surface area contributed by atoms with Gasteiger partial charge in [-0.05, 0) is 55.5 Å². The third kappa shape index (κ3) is 3.29. The average Bonchev–Trinajstić information content (AvgIpc) is 3.39. The number of Topliss-reactive ketones (excluding diaryl/α,β-unsaturated/α-hetero) is 1. The summed E-state index contributed by atoms with van der Waals surface area (Å²) in [6, 6.07) is 17.7. The Hall–Kier alpha value is -5.05. The Morgan fingerprint density at radius 1 is 1.00 bits per heavy atom. The number of anilines is 3. The molecule has 6 rings (SSSR count). The maximum Gasteiger partial charge on any atom is 0.250 e. The van der Waals surface area contributed by atoms with Crippen molar-refractivity contribution in [1.29, 1.82) is 0 Å². The fourth-order valence-electron chi connectivity index (χ4n) is 5.56. The molecule has 194 valence electrons. The molecule has 0 bridgehead atoms. The van der Waals surface area contributed by atoms with Gasteiger partial charge in [0.1, 0.15) is 22.7 Å². The summed E-state index contributed by atoms with van der Waals surface area (Å²) in [5, 5.41) is 1.43. The highest BCUT2D eigenvalue weighted by Crippen LogP contribution is 2.52. The molecular weight excluding hydrogens is 499 g/mol. The van der Waals surface area contributed by atoms with Crippen molar-refractivity contribution >= 4 is 56.5 Å². The van der Waals surface area contributed by atoms with Gasteiger partial charge in [-0.15, -0.1) is 0 Å². The van der Waals surface area contributed by atoms with Gasteiger partial charge in [0.05, 0.1) is 35.7 Å². The number of ether oxygens (including phenoxy) is 1. The first kappa shape index (κ1) is 24.3. The van der Waals surface area contributed by atoms with Gasteiger partial charge >= 0.3 is 0 Å². The molecule has 0 saturated carbocycles. The Bertz CT molecular complexity index is 1860. The molecule has 0 unspecified atom stereocenters. The molecule has 1 aliphatic rings. The van der Waals surface area contributed by atoms with Crippen molar-refractivity contribution in [2.75, 3.05) is 17.7 Å². The van der Waals surface area contributed by atoms with E-state index < -0.39 is 22.9 Å². The zero-order valence-corrected chi connectivity index (χ0v) is 21.4. The molecule has 1 atom stereocenters. The molecule has 3 heterocycles. The fourth-order valence-corrected chi connectivity index (χ4v) is 5.56. The summed E-state index contributed by atoms with van der Waals surface area (Å²) in [7, 11) is 1.45. The number of para-hydroxylation sites is 1. The molecule has 0 radical (unpaired) electrons. The summed E-state index contributed by atoms with van der Waals surface area (Å²) < 4.78 is 20.6. The highest BCUT2D eigenvalue weighted by molar-refractivity contribution is 6.29. The predicted octanol–water partition coefficient (Wildman–Crippen LogP) is 5.40. The van der Waals surface area contributed by atoms with Crippen LogP contribution in [-0.2, 0) is 10.2 Å². The van der Waals surface area contributed by atoms with Gasteiger partial charge in [-0.1, -0.05) is 18.2 Å². The van der Waals surface area contributed by atoms with Crippen LogP contribution in [0.3, 0.4) is 0 Å². The number of nitrogens with two attached hydrogens (primary N) is 1. The van der Waals surface area contributed by atoms with Crippen LogP contribution in [0.25, 0.3) is 21.8 Å². The van der Waals surface area contributed by atoms with E-state index in [2.05, 4.69) is 4.98 Å². The minimum Gasteiger partial charge on any atom is -0.495 e. The molecular formula is C30H23FN4O4. The summed E-state index contributed by atoms with van der Waals surface area (Å²) in [5.74, 6) is -1.46. The number of pyridine rings is 1. The number of carbonyl (C=O) groups excluding carboxylic acids is 3. The predicted molar refractivity (Wildman–Crippen MR) is 146 cm³/mol. The van der Waals surface area contributed by atoms with Gasteiger partial charge in [-0.3, -0.25) is 28.8 Å². The van der Waals surface area contributed by atoms with Crippen molar-refractivity contribution in [2.45, 2.75) is 19.3 Å². The molecule has 0 spiro atoms. The fraction of sp³-hybridized carbons (Fsp3) is 0.133. The topological polar surface area (TPSA) is 108 Å². The summed E-state index contributed by atoms with van der Waals surface area (Å²) in [6.07, 6.45) is 1.47. The number of nitrogen functional groups attached to an aromatic ring is 1. The van der Waals surface area contributed by atoms with Gasteiger partial charge in [0, 0.05) is 28.9 Å². The van der Waals surface area contributed by atoms with Gasteiger partial charge in [-0.2, -0.15) is 0 Å². The van der Waals surface area contributed by atoms with Crippen molar-refractivity contribution in [3.8, 4) is 5.75 Å². The van der Waals surface area contributed by atoms with E-state index in [1.807, 2.05) is 24.3 Å².